The molecule has 0 aliphatic carbocycles. The molecule has 0 saturated carbocycles. The van der Waals surface area contributed by atoms with E-state index in [1.165, 1.54) is 18.5 Å². The van der Waals surface area contributed by atoms with Crippen molar-refractivity contribution in [3.05, 3.63) is 66.0 Å². The number of aromatic nitrogens is 4. The topological polar surface area (TPSA) is 72.7 Å². The lowest BCUT2D eigenvalue weighted by Crippen LogP contribution is -2.16. The van der Waals surface area contributed by atoms with Crippen LogP contribution in [0.3, 0.4) is 0 Å². The van der Waals surface area contributed by atoms with Crippen molar-refractivity contribution in [1.29, 1.82) is 0 Å². The summed E-state index contributed by atoms with van der Waals surface area (Å²) >= 11 is 0. The summed E-state index contributed by atoms with van der Waals surface area (Å²) in [6.45, 7) is 1.79. The van der Waals surface area contributed by atoms with E-state index in [1.807, 2.05) is 0 Å². The number of halogens is 2. The Hall–Kier alpha value is -3.16. The van der Waals surface area contributed by atoms with Crippen molar-refractivity contribution >= 4 is 11.6 Å². The number of amides is 1. The van der Waals surface area contributed by atoms with Crippen LogP contribution in [0.2, 0.25) is 0 Å². The molecule has 0 bridgehead atoms. The molecule has 0 unspecified atom stereocenters. The van der Waals surface area contributed by atoms with Crippen LogP contribution in [0.1, 0.15) is 16.2 Å². The molecule has 0 aliphatic rings. The highest BCUT2D eigenvalue weighted by molar-refractivity contribution is 6.04. The maximum absolute atomic E-state index is 13.6. The van der Waals surface area contributed by atoms with E-state index < -0.39 is 23.1 Å². The third-order valence-corrected chi connectivity index (χ3v) is 3.13. The first-order chi connectivity index (χ1) is 11.1. The first kappa shape index (κ1) is 14.8. The van der Waals surface area contributed by atoms with Crippen LogP contribution in [0.15, 0.2) is 43.0 Å². The molecule has 23 heavy (non-hydrogen) atoms. The van der Waals surface area contributed by atoms with Crippen LogP contribution in [0.25, 0.3) is 5.95 Å². The summed E-state index contributed by atoms with van der Waals surface area (Å²) in [6.07, 6.45) is 5.99. The summed E-state index contributed by atoms with van der Waals surface area (Å²) in [5, 5.41) is 2.36. The van der Waals surface area contributed by atoms with E-state index in [0.29, 0.717) is 11.8 Å². The Balaban J connectivity index is 1.81. The molecule has 0 fully saturated rings. The quantitative estimate of drug-likeness (QED) is 0.806. The molecule has 2 heterocycles. The van der Waals surface area contributed by atoms with Gasteiger partial charge in [0.2, 0.25) is 5.95 Å². The number of nitrogens with zero attached hydrogens (tertiary/aromatic N) is 4. The normalized spacial score (nSPS) is 10.6. The molecule has 6 nitrogen and oxygen atoms in total. The SMILES string of the molecule is Cc1nccn1-c1ncc(NC(=O)c2c(F)cccc2F)cn1. The second-order valence-electron chi connectivity index (χ2n) is 4.67. The fourth-order valence-electron chi connectivity index (χ4n) is 2.01. The molecular weight excluding hydrogens is 304 g/mol. The number of carbonyl (C=O) groups excluding carboxylic acids is 1. The third kappa shape index (κ3) is 2.91. The largest absolute Gasteiger partial charge is 0.319 e. The lowest BCUT2D eigenvalue weighted by Gasteiger charge is -2.07. The summed E-state index contributed by atoms with van der Waals surface area (Å²) in [5.41, 5.74) is -0.429. The standard InChI is InChI=1S/C15H11F2N5O/c1-9-18-5-6-22(9)15-19-7-10(8-20-15)21-14(23)13-11(16)3-2-4-12(13)17/h2-8H,1H3,(H,21,23). The molecule has 1 N–H and O–H groups in total. The Kier molecular flexibility index (Phi) is 3.80. The fourth-order valence-corrected chi connectivity index (χ4v) is 2.01. The molecule has 1 amide bonds. The van der Waals surface area contributed by atoms with Crippen LogP contribution in [-0.2, 0) is 0 Å². The predicted octanol–water partition coefficient (Wildman–Crippen LogP) is 2.50. The Morgan fingerprint density at radius 3 is 2.35 bits per heavy atom. The van der Waals surface area contributed by atoms with Gasteiger partial charge in [0.05, 0.1) is 18.1 Å². The molecule has 8 heteroatoms. The van der Waals surface area contributed by atoms with Gasteiger partial charge in [-0.05, 0) is 19.1 Å². The van der Waals surface area contributed by atoms with E-state index in [0.717, 1.165) is 12.1 Å². The first-order valence-electron chi connectivity index (χ1n) is 6.64. The van der Waals surface area contributed by atoms with Gasteiger partial charge in [-0.3, -0.25) is 9.36 Å². The van der Waals surface area contributed by atoms with Crippen molar-refractivity contribution in [3.63, 3.8) is 0 Å². The zero-order valence-electron chi connectivity index (χ0n) is 12.0. The number of imidazole rings is 1. The van der Waals surface area contributed by atoms with Gasteiger partial charge in [0.15, 0.2) is 0 Å². The summed E-state index contributed by atoms with van der Waals surface area (Å²) in [4.78, 5) is 24.2. The number of rotatable bonds is 3. The number of benzene rings is 1. The van der Waals surface area contributed by atoms with Crippen LogP contribution >= 0.6 is 0 Å². The minimum Gasteiger partial charge on any atom is -0.319 e. The second kappa shape index (κ2) is 5.91. The van der Waals surface area contributed by atoms with Crippen molar-refractivity contribution in [1.82, 2.24) is 19.5 Å². The highest BCUT2D eigenvalue weighted by Crippen LogP contribution is 2.15. The highest BCUT2D eigenvalue weighted by atomic mass is 19.1. The lowest BCUT2D eigenvalue weighted by molar-refractivity contribution is 0.101. The number of hydrogen-bond donors (Lipinski definition) is 1. The Bertz CT molecular complexity index is 840. The Morgan fingerprint density at radius 2 is 1.78 bits per heavy atom. The molecule has 0 spiro atoms. The van der Waals surface area contributed by atoms with Crippen molar-refractivity contribution in [2.24, 2.45) is 0 Å². The zero-order valence-corrected chi connectivity index (χ0v) is 12.0. The number of hydrogen-bond acceptors (Lipinski definition) is 4. The van der Waals surface area contributed by atoms with E-state index in [4.69, 9.17) is 0 Å². The molecular formula is C15H11F2N5O. The van der Waals surface area contributed by atoms with Crippen LogP contribution in [0.4, 0.5) is 14.5 Å². The summed E-state index contributed by atoms with van der Waals surface area (Å²) < 4.78 is 28.8. The summed E-state index contributed by atoms with van der Waals surface area (Å²) in [5.74, 6) is -1.70. The molecule has 0 saturated heterocycles. The monoisotopic (exact) mass is 315 g/mol. The molecule has 0 atom stereocenters. The first-order valence-corrected chi connectivity index (χ1v) is 6.64. The molecule has 3 rings (SSSR count). The van der Waals surface area contributed by atoms with E-state index in [2.05, 4.69) is 20.3 Å². The Morgan fingerprint density at radius 1 is 1.13 bits per heavy atom. The molecule has 2 aromatic heterocycles. The van der Waals surface area contributed by atoms with Gasteiger partial charge >= 0.3 is 0 Å². The van der Waals surface area contributed by atoms with Gasteiger partial charge in [0.1, 0.15) is 23.0 Å². The minimum atomic E-state index is -0.936. The number of anilines is 1. The Labute approximate surface area is 129 Å². The van der Waals surface area contributed by atoms with Crippen molar-refractivity contribution in [3.8, 4) is 5.95 Å². The smallest absolute Gasteiger partial charge is 0.261 e. The van der Waals surface area contributed by atoms with Crippen LogP contribution in [0.5, 0.6) is 0 Å². The maximum Gasteiger partial charge on any atom is 0.261 e. The number of aryl methyl sites for hydroxylation is 1. The fraction of sp³-hybridized carbons (Fsp3) is 0.0667. The van der Waals surface area contributed by atoms with Crippen molar-refractivity contribution in [2.75, 3.05) is 5.32 Å². The average Bonchev–Trinajstić information content (AvgIpc) is 2.94. The van der Waals surface area contributed by atoms with Gasteiger partial charge in [-0.1, -0.05) is 6.07 Å². The van der Waals surface area contributed by atoms with Gasteiger partial charge in [0, 0.05) is 12.4 Å². The van der Waals surface area contributed by atoms with Crippen LogP contribution in [-0.4, -0.2) is 25.4 Å². The van der Waals surface area contributed by atoms with E-state index in [1.54, 1.807) is 23.9 Å². The van der Waals surface area contributed by atoms with Gasteiger partial charge in [-0.2, -0.15) is 0 Å². The number of nitrogens with one attached hydrogen (secondary N) is 1. The third-order valence-electron chi connectivity index (χ3n) is 3.13. The highest BCUT2D eigenvalue weighted by Gasteiger charge is 2.17. The van der Waals surface area contributed by atoms with Crippen molar-refractivity contribution in [2.45, 2.75) is 6.92 Å². The lowest BCUT2D eigenvalue weighted by atomic mass is 10.2. The van der Waals surface area contributed by atoms with Gasteiger partial charge in [-0.25, -0.2) is 23.7 Å². The maximum atomic E-state index is 13.6. The summed E-state index contributed by atoms with van der Waals surface area (Å²) in [7, 11) is 0. The van der Waals surface area contributed by atoms with E-state index >= 15 is 0 Å². The van der Waals surface area contributed by atoms with Gasteiger partial charge in [0.25, 0.3) is 5.91 Å². The molecule has 1 aromatic carbocycles. The van der Waals surface area contributed by atoms with Gasteiger partial charge in [-0.15, -0.1) is 0 Å². The van der Waals surface area contributed by atoms with E-state index in [-0.39, 0.29) is 5.69 Å². The predicted molar refractivity (Wildman–Crippen MR) is 78.2 cm³/mol. The average molecular weight is 315 g/mol. The van der Waals surface area contributed by atoms with Crippen molar-refractivity contribution < 1.29 is 13.6 Å². The second-order valence-corrected chi connectivity index (χ2v) is 4.67. The molecule has 3 aromatic rings. The molecule has 0 aliphatic heterocycles. The molecule has 116 valence electrons. The van der Waals surface area contributed by atoms with Crippen LogP contribution < -0.4 is 5.32 Å². The van der Waals surface area contributed by atoms with Crippen LogP contribution in [0, 0.1) is 18.6 Å². The zero-order chi connectivity index (χ0) is 16.4. The minimum absolute atomic E-state index is 0.221. The molecule has 0 radical (unpaired) electrons. The van der Waals surface area contributed by atoms with Gasteiger partial charge < -0.3 is 5.32 Å². The van der Waals surface area contributed by atoms with E-state index in [9.17, 15) is 13.6 Å². The summed E-state index contributed by atoms with van der Waals surface area (Å²) in [6, 6.07) is 3.21. The number of carbonyl (C=O) groups is 1.